The summed E-state index contributed by atoms with van der Waals surface area (Å²) in [6.45, 7) is -0.927. The molecule has 0 aliphatic rings. The Kier molecular flexibility index (Phi) is 9.49. The molecule has 0 aliphatic carbocycles. The summed E-state index contributed by atoms with van der Waals surface area (Å²) in [4.78, 5) is 53.6. The lowest BCUT2D eigenvalue weighted by atomic mass is 10.2. The summed E-state index contributed by atoms with van der Waals surface area (Å²) in [7, 11) is 0. The minimum absolute atomic E-state index is 0.0806. The quantitative estimate of drug-likeness (QED) is 0.106. The van der Waals surface area contributed by atoms with Gasteiger partial charge in [-0.3, -0.25) is 14.4 Å². The van der Waals surface area contributed by atoms with Crippen molar-refractivity contribution in [1.29, 1.82) is 0 Å². The summed E-state index contributed by atoms with van der Waals surface area (Å²) < 4.78 is 5.72. The summed E-state index contributed by atoms with van der Waals surface area (Å²) in [5.41, 5.74) is 10.6. The molecule has 8 N–H and O–H groups in total. The number of hydrogen-bond acceptors (Lipinski definition) is 8. The molecule has 1 atom stereocenters. The number of aryl methyl sites for hydroxylation is 1. The highest BCUT2D eigenvalue weighted by Gasteiger charge is 2.18. The van der Waals surface area contributed by atoms with Crippen LogP contribution in [0, 0.1) is 0 Å². The second-order valence-corrected chi connectivity index (χ2v) is 7.11. The Labute approximate surface area is 193 Å². The van der Waals surface area contributed by atoms with E-state index in [9.17, 15) is 29.4 Å². The number of carboxylic acids is 1. The van der Waals surface area contributed by atoms with Gasteiger partial charge in [0.1, 0.15) is 13.2 Å². The van der Waals surface area contributed by atoms with Crippen molar-refractivity contribution in [3.63, 3.8) is 0 Å². The number of nitrogens with one attached hydrogen (secondary N) is 3. The Bertz CT molecular complexity index is 1070. The van der Waals surface area contributed by atoms with E-state index >= 15 is 0 Å². The first-order valence-corrected chi connectivity index (χ1v) is 10.2. The SMILES string of the molecule is NC(N)=NCCCc1[nH]c(=O)n(CC(=O)NCC(NC(=O)OCc2ccccc2)C(=O)[O-])c1O. The molecule has 0 radical (unpaired) electrons. The van der Waals surface area contributed by atoms with E-state index in [-0.39, 0.29) is 31.2 Å². The van der Waals surface area contributed by atoms with Crippen LogP contribution in [0.5, 0.6) is 5.88 Å². The number of H-pyrrole nitrogens is 1. The van der Waals surface area contributed by atoms with Crippen molar-refractivity contribution >= 4 is 23.9 Å². The summed E-state index contributed by atoms with van der Waals surface area (Å²) in [5.74, 6) is -2.96. The number of aromatic nitrogens is 2. The molecule has 2 rings (SSSR count). The molecule has 14 heteroatoms. The molecule has 0 saturated heterocycles. The molecule has 1 unspecified atom stereocenters. The van der Waals surface area contributed by atoms with Gasteiger partial charge < -0.3 is 46.8 Å². The highest BCUT2D eigenvalue weighted by Crippen LogP contribution is 2.14. The van der Waals surface area contributed by atoms with Crippen LogP contribution in [0.2, 0.25) is 0 Å². The molecule has 0 bridgehead atoms. The van der Waals surface area contributed by atoms with E-state index in [0.717, 1.165) is 4.57 Å². The van der Waals surface area contributed by atoms with Gasteiger partial charge in [-0.2, -0.15) is 0 Å². The van der Waals surface area contributed by atoms with Crippen LogP contribution >= 0.6 is 0 Å². The molecule has 184 valence electrons. The number of aliphatic imine (C=N–C) groups is 1. The molecule has 34 heavy (non-hydrogen) atoms. The lowest BCUT2D eigenvalue weighted by molar-refractivity contribution is -0.308. The number of aromatic amines is 1. The number of aliphatic carboxylic acids is 1. The van der Waals surface area contributed by atoms with Gasteiger partial charge in [0.15, 0.2) is 5.96 Å². The summed E-state index contributed by atoms with van der Waals surface area (Å²) in [6, 6.07) is 7.14. The topological polar surface area (TPSA) is 230 Å². The summed E-state index contributed by atoms with van der Waals surface area (Å²) in [5, 5.41) is 25.8. The molecule has 2 amide bonds. The van der Waals surface area contributed by atoms with Gasteiger partial charge in [-0.15, -0.1) is 0 Å². The first kappa shape index (κ1) is 25.8. The molecule has 14 nitrogen and oxygen atoms in total. The fourth-order valence-corrected chi connectivity index (χ4v) is 2.81. The van der Waals surface area contributed by atoms with Crippen molar-refractivity contribution < 1.29 is 29.3 Å². The second-order valence-electron chi connectivity index (χ2n) is 7.11. The van der Waals surface area contributed by atoms with Crippen LogP contribution in [0.25, 0.3) is 0 Å². The van der Waals surface area contributed by atoms with Crippen LogP contribution in [-0.2, 0) is 33.9 Å². The Balaban J connectivity index is 1.85. The number of carbonyl (C=O) groups excluding carboxylic acids is 3. The molecular weight excluding hydrogens is 450 g/mol. The maximum absolute atomic E-state index is 12.2. The lowest BCUT2D eigenvalue weighted by Crippen LogP contribution is -2.54. The van der Waals surface area contributed by atoms with Crippen LogP contribution in [0.4, 0.5) is 4.79 Å². The maximum Gasteiger partial charge on any atom is 0.408 e. The summed E-state index contributed by atoms with van der Waals surface area (Å²) in [6.07, 6.45) is -0.345. The van der Waals surface area contributed by atoms with Gasteiger partial charge in [0.05, 0.1) is 17.7 Å². The van der Waals surface area contributed by atoms with E-state index in [4.69, 9.17) is 16.2 Å². The van der Waals surface area contributed by atoms with E-state index < -0.39 is 48.7 Å². The normalized spacial score (nSPS) is 11.3. The molecule has 1 heterocycles. The number of alkyl carbamates (subject to hydrolysis) is 1. The lowest BCUT2D eigenvalue weighted by Gasteiger charge is -2.20. The zero-order chi connectivity index (χ0) is 25.1. The smallest absolute Gasteiger partial charge is 0.408 e. The molecule has 2 aromatic rings. The van der Waals surface area contributed by atoms with Crippen molar-refractivity contribution in [2.45, 2.75) is 32.0 Å². The molecule has 1 aromatic heterocycles. The molecular formula is C20H26N7O7-. The van der Waals surface area contributed by atoms with Gasteiger partial charge in [0.2, 0.25) is 11.8 Å². The number of benzene rings is 1. The first-order valence-electron chi connectivity index (χ1n) is 10.2. The van der Waals surface area contributed by atoms with Crippen LogP contribution in [0.3, 0.4) is 0 Å². The largest absolute Gasteiger partial charge is 0.548 e. The fraction of sp³-hybridized carbons (Fsp3) is 0.350. The van der Waals surface area contributed by atoms with Crippen molar-refractivity contribution in [1.82, 2.24) is 20.2 Å². The van der Waals surface area contributed by atoms with Gasteiger partial charge in [-0.25, -0.2) is 9.59 Å². The van der Waals surface area contributed by atoms with Gasteiger partial charge in [0, 0.05) is 13.1 Å². The third kappa shape index (κ3) is 8.22. The van der Waals surface area contributed by atoms with E-state index in [0.29, 0.717) is 12.0 Å². The van der Waals surface area contributed by atoms with Gasteiger partial charge in [0.25, 0.3) is 0 Å². The Morgan fingerprint density at radius 2 is 1.94 bits per heavy atom. The number of nitrogens with two attached hydrogens (primary N) is 2. The Morgan fingerprint density at radius 1 is 1.24 bits per heavy atom. The number of nitrogens with zero attached hydrogens (tertiary/aromatic N) is 2. The van der Waals surface area contributed by atoms with Crippen LogP contribution in [-0.4, -0.2) is 57.7 Å². The highest BCUT2D eigenvalue weighted by molar-refractivity contribution is 5.81. The number of hydrogen-bond donors (Lipinski definition) is 6. The Hall–Kier alpha value is -4.49. The monoisotopic (exact) mass is 476 g/mol. The minimum atomic E-state index is -1.65. The number of imidazole rings is 1. The average Bonchev–Trinajstić information content (AvgIpc) is 3.06. The van der Waals surface area contributed by atoms with Gasteiger partial charge >= 0.3 is 11.8 Å². The van der Waals surface area contributed by atoms with Gasteiger partial charge in [-0.05, 0) is 18.4 Å². The second kappa shape index (κ2) is 12.5. The van der Waals surface area contributed by atoms with Crippen LogP contribution in [0.1, 0.15) is 17.7 Å². The summed E-state index contributed by atoms with van der Waals surface area (Å²) >= 11 is 0. The predicted octanol–water partition coefficient (Wildman–Crippen LogP) is -2.75. The Morgan fingerprint density at radius 3 is 2.59 bits per heavy atom. The average molecular weight is 476 g/mol. The molecule has 0 fully saturated rings. The zero-order valence-corrected chi connectivity index (χ0v) is 18.2. The van der Waals surface area contributed by atoms with Crippen molar-refractivity contribution in [2.24, 2.45) is 16.5 Å². The molecule has 1 aromatic carbocycles. The van der Waals surface area contributed by atoms with E-state index in [1.165, 1.54) is 0 Å². The molecule has 0 spiro atoms. The maximum atomic E-state index is 12.2. The molecule has 0 saturated carbocycles. The third-order valence-electron chi connectivity index (χ3n) is 4.50. The number of guanidine groups is 1. The number of aromatic hydroxyl groups is 1. The standard InChI is InChI=1S/C20H27N7O7/c21-18(22)23-8-4-7-13-16(29)27(19(32)25-13)10-15(28)24-9-14(17(30)31)26-20(33)34-11-12-5-2-1-3-6-12/h1-3,5-6,14,29H,4,7-11H2,(H,24,28)(H,25,32)(H,26,33)(H,30,31)(H4,21,22,23)/p-1. The van der Waals surface area contributed by atoms with E-state index in [1.807, 2.05) is 0 Å². The van der Waals surface area contributed by atoms with E-state index in [2.05, 4.69) is 20.6 Å². The predicted molar refractivity (Wildman–Crippen MR) is 117 cm³/mol. The number of ether oxygens (including phenoxy) is 1. The fourth-order valence-electron chi connectivity index (χ4n) is 2.81. The number of carbonyl (C=O) groups is 3. The number of rotatable bonds is 12. The van der Waals surface area contributed by atoms with Gasteiger partial charge in [-0.1, -0.05) is 30.3 Å². The van der Waals surface area contributed by atoms with Crippen LogP contribution in [0.15, 0.2) is 40.1 Å². The van der Waals surface area contributed by atoms with Crippen LogP contribution < -0.4 is 32.9 Å². The van der Waals surface area contributed by atoms with E-state index in [1.54, 1.807) is 30.3 Å². The number of amides is 2. The highest BCUT2D eigenvalue weighted by atomic mass is 16.5. The van der Waals surface area contributed by atoms with Crippen molar-refractivity contribution in [2.75, 3.05) is 13.1 Å². The minimum Gasteiger partial charge on any atom is -0.548 e. The van der Waals surface area contributed by atoms with Crippen molar-refractivity contribution in [3.8, 4) is 5.88 Å². The molecule has 0 aliphatic heterocycles. The van der Waals surface area contributed by atoms with Crippen molar-refractivity contribution in [3.05, 3.63) is 52.1 Å². The first-order chi connectivity index (χ1) is 16.2. The number of carboxylic acid groups (broad SMARTS) is 1. The zero-order valence-electron chi connectivity index (χ0n) is 18.2. The third-order valence-corrected chi connectivity index (χ3v) is 4.50.